The number of ether oxygens (including phenoxy) is 1. The third-order valence-corrected chi connectivity index (χ3v) is 4.17. The SMILES string of the molecule is CCCCCNC(=O)CCN(C(C)=O)c1ccccc1Oc1ccccc1. The number of carbonyl (C=O) groups excluding carboxylic acids is 2. The van der Waals surface area contributed by atoms with Crippen molar-refractivity contribution >= 4 is 17.5 Å². The predicted molar refractivity (Wildman–Crippen MR) is 108 cm³/mol. The van der Waals surface area contributed by atoms with Gasteiger partial charge in [0.25, 0.3) is 0 Å². The summed E-state index contributed by atoms with van der Waals surface area (Å²) in [6.45, 7) is 4.62. The first-order chi connectivity index (χ1) is 13.1. The Morgan fingerprint density at radius 2 is 1.70 bits per heavy atom. The van der Waals surface area contributed by atoms with Crippen LogP contribution in [-0.4, -0.2) is 24.9 Å². The minimum absolute atomic E-state index is 0.0428. The minimum Gasteiger partial charge on any atom is -0.455 e. The first-order valence-electron chi connectivity index (χ1n) is 9.48. The van der Waals surface area contributed by atoms with Crippen LogP contribution in [0, 0.1) is 0 Å². The molecule has 0 bridgehead atoms. The number of rotatable bonds is 10. The number of amides is 2. The largest absolute Gasteiger partial charge is 0.455 e. The lowest BCUT2D eigenvalue weighted by atomic mass is 10.2. The molecule has 0 saturated carbocycles. The second-order valence-electron chi connectivity index (χ2n) is 6.36. The fourth-order valence-electron chi connectivity index (χ4n) is 2.73. The van der Waals surface area contributed by atoms with Gasteiger partial charge in [-0.2, -0.15) is 0 Å². The molecule has 0 aliphatic heterocycles. The highest BCUT2D eigenvalue weighted by molar-refractivity contribution is 5.94. The Kier molecular flexibility index (Phi) is 8.36. The van der Waals surface area contributed by atoms with Crippen LogP contribution in [0.25, 0.3) is 0 Å². The Hall–Kier alpha value is -2.82. The summed E-state index contributed by atoms with van der Waals surface area (Å²) in [6, 6.07) is 16.8. The Labute approximate surface area is 161 Å². The lowest BCUT2D eigenvalue weighted by Crippen LogP contribution is -2.34. The van der Waals surface area contributed by atoms with Gasteiger partial charge in [-0.3, -0.25) is 9.59 Å². The van der Waals surface area contributed by atoms with Gasteiger partial charge in [0.15, 0.2) is 5.75 Å². The molecule has 2 amide bonds. The van der Waals surface area contributed by atoms with E-state index in [4.69, 9.17) is 4.74 Å². The molecule has 2 aromatic rings. The van der Waals surface area contributed by atoms with Crippen molar-refractivity contribution in [3.63, 3.8) is 0 Å². The quantitative estimate of drug-likeness (QED) is 0.627. The summed E-state index contributed by atoms with van der Waals surface area (Å²) < 4.78 is 5.94. The number of para-hydroxylation sites is 3. The molecule has 0 radical (unpaired) electrons. The Bertz CT molecular complexity index is 731. The van der Waals surface area contributed by atoms with E-state index in [1.54, 1.807) is 4.90 Å². The smallest absolute Gasteiger partial charge is 0.223 e. The van der Waals surface area contributed by atoms with Crippen LogP contribution in [0.3, 0.4) is 0 Å². The van der Waals surface area contributed by atoms with Crippen molar-refractivity contribution in [2.24, 2.45) is 0 Å². The molecule has 0 fully saturated rings. The predicted octanol–water partition coefficient (Wildman–Crippen LogP) is 4.53. The van der Waals surface area contributed by atoms with E-state index in [0.29, 0.717) is 30.3 Å². The number of nitrogens with zero attached hydrogens (tertiary/aromatic N) is 1. The fraction of sp³-hybridized carbons (Fsp3) is 0.364. The van der Waals surface area contributed by atoms with E-state index in [1.165, 1.54) is 6.92 Å². The molecule has 0 saturated heterocycles. The van der Waals surface area contributed by atoms with E-state index in [-0.39, 0.29) is 18.2 Å². The van der Waals surface area contributed by atoms with Gasteiger partial charge in [0, 0.05) is 26.4 Å². The molecule has 0 unspecified atom stereocenters. The lowest BCUT2D eigenvalue weighted by molar-refractivity contribution is -0.121. The van der Waals surface area contributed by atoms with Crippen LogP contribution in [0.15, 0.2) is 54.6 Å². The lowest BCUT2D eigenvalue weighted by Gasteiger charge is -2.23. The average Bonchev–Trinajstić information content (AvgIpc) is 2.67. The molecule has 5 nitrogen and oxygen atoms in total. The zero-order chi connectivity index (χ0) is 19.5. The molecule has 2 rings (SSSR count). The van der Waals surface area contributed by atoms with Crippen molar-refractivity contribution in [1.29, 1.82) is 0 Å². The minimum atomic E-state index is -0.127. The highest BCUT2D eigenvalue weighted by Gasteiger charge is 2.17. The number of hydrogen-bond donors (Lipinski definition) is 1. The number of anilines is 1. The van der Waals surface area contributed by atoms with Crippen molar-refractivity contribution in [2.75, 3.05) is 18.0 Å². The fourth-order valence-corrected chi connectivity index (χ4v) is 2.73. The van der Waals surface area contributed by atoms with Crippen molar-refractivity contribution in [1.82, 2.24) is 5.32 Å². The van der Waals surface area contributed by atoms with Crippen LogP contribution in [-0.2, 0) is 9.59 Å². The molecule has 0 aliphatic carbocycles. The molecule has 0 atom stereocenters. The highest BCUT2D eigenvalue weighted by Crippen LogP contribution is 2.32. The number of carbonyl (C=O) groups is 2. The maximum absolute atomic E-state index is 12.2. The first-order valence-corrected chi connectivity index (χ1v) is 9.48. The number of benzene rings is 2. The number of nitrogens with one attached hydrogen (secondary N) is 1. The number of unbranched alkanes of at least 4 members (excludes halogenated alkanes) is 2. The van der Waals surface area contributed by atoms with Crippen LogP contribution >= 0.6 is 0 Å². The number of hydrogen-bond acceptors (Lipinski definition) is 3. The zero-order valence-electron chi connectivity index (χ0n) is 16.1. The summed E-state index contributed by atoms with van der Waals surface area (Å²) in [5, 5.41) is 2.91. The van der Waals surface area contributed by atoms with E-state index in [2.05, 4.69) is 12.2 Å². The van der Waals surface area contributed by atoms with Gasteiger partial charge in [0.2, 0.25) is 11.8 Å². The molecule has 2 aromatic carbocycles. The third-order valence-electron chi connectivity index (χ3n) is 4.17. The van der Waals surface area contributed by atoms with E-state index in [0.717, 1.165) is 19.3 Å². The molecular weight excluding hydrogens is 340 g/mol. The maximum atomic E-state index is 12.2. The summed E-state index contributed by atoms with van der Waals surface area (Å²) in [5.41, 5.74) is 0.660. The van der Waals surface area contributed by atoms with E-state index in [9.17, 15) is 9.59 Å². The summed E-state index contributed by atoms with van der Waals surface area (Å²) >= 11 is 0. The van der Waals surface area contributed by atoms with Crippen LogP contribution in [0.1, 0.15) is 39.5 Å². The monoisotopic (exact) mass is 368 g/mol. The zero-order valence-corrected chi connectivity index (χ0v) is 16.1. The van der Waals surface area contributed by atoms with Crippen molar-refractivity contribution in [3.8, 4) is 11.5 Å². The molecule has 0 aromatic heterocycles. The summed E-state index contributed by atoms with van der Waals surface area (Å²) in [6.07, 6.45) is 3.45. The maximum Gasteiger partial charge on any atom is 0.223 e. The average molecular weight is 368 g/mol. The van der Waals surface area contributed by atoms with E-state index in [1.807, 2.05) is 54.6 Å². The van der Waals surface area contributed by atoms with Crippen LogP contribution < -0.4 is 15.0 Å². The molecule has 5 heteroatoms. The van der Waals surface area contributed by atoms with Crippen LogP contribution in [0.5, 0.6) is 11.5 Å². The molecule has 0 heterocycles. The Balaban J connectivity index is 2.04. The summed E-state index contributed by atoms with van der Waals surface area (Å²) in [7, 11) is 0. The van der Waals surface area contributed by atoms with Gasteiger partial charge in [-0.25, -0.2) is 0 Å². The van der Waals surface area contributed by atoms with Gasteiger partial charge in [0.1, 0.15) is 5.75 Å². The van der Waals surface area contributed by atoms with Crippen LogP contribution in [0.4, 0.5) is 5.69 Å². The summed E-state index contributed by atoms with van der Waals surface area (Å²) in [5.74, 6) is 1.11. The molecule has 27 heavy (non-hydrogen) atoms. The third kappa shape index (κ3) is 6.77. The normalized spacial score (nSPS) is 10.3. The topological polar surface area (TPSA) is 58.6 Å². The van der Waals surface area contributed by atoms with Gasteiger partial charge in [-0.05, 0) is 30.7 Å². The van der Waals surface area contributed by atoms with E-state index >= 15 is 0 Å². The Morgan fingerprint density at radius 3 is 2.41 bits per heavy atom. The molecule has 0 aliphatic rings. The molecule has 1 N–H and O–H groups in total. The van der Waals surface area contributed by atoms with Crippen molar-refractivity contribution in [3.05, 3.63) is 54.6 Å². The standard InChI is InChI=1S/C22H28N2O3/c1-3-4-10-16-23-22(26)15-17-24(18(2)25)20-13-8-9-14-21(20)27-19-11-6-5-7-12-19/h5-9,11-14H,3-4,10,15-17H2,1-2H3,(H,23,26). The van der Waals surface area contributed by atoms with Crippen LogP contribution in [0.2, 0.25) is 0 Å². The van der Waals surface area contributed by atoms with Crippen molar-refractivity contribution in [2.45, 2.75) is 39.5 Å². The molecule has 144 valence electrons. The van der Waals surface area contributed by atoms with Crippen molar-refractivity contribution < 1.29 is 14.3 Å². The molecular formula is C22H28N2O3. The highest BCUT2D eigenvalue weighted by atomic mass is 16.5. The summed E-state index contributed by atoms with van der Waals surface area (Å²) in [4.78, 5) is 25.8. The van der Waals surface area contributed by atoms with Gasteiger partial charge in [0.05, 0.1) is 5.69 Å². The Morgan fingerprint density at radius 1 is 1.00 bits per heavy atom. The van der Waals surface area contributed by atoms with Gasteiger partial charge >= 0.3 is 0 Å². The first kappa shape index (κ1) is 20.5. The van der Waals surface area contributed by atoms with Gasteiger partial charge < -0.3 is 15.0 Å². The molecule has 0 spiro atoms. The van der Waals surface area contributed by atoms with Gasteiger partial charge in [-0.1, -0.05) is 50.1 Å². The van der Waals surface area contributed by atoms with Gasteiger partial charge in [-0.15, -0.1) is 0 Å². The second-order valence-corrected chi connectivity index (χ2v) is 6.36. The second kappa shape index (κ2) is 11.0. The van der Waals surface area contributed by atoms with E-state index < -0.39 is 0 Å².